The number of aliphatic hydroxyl groups is 1. The van der Waals surface area contributed by atoms with Crippen molar-refractivity contribution in [1.29, 1.82) is 0 Å². The standard InChI is InChI=1S/C16H27NO3/c1-13(2)17-11-15(18)12-20-16-6-4-5-14(7-8-16)9-10-19-3/h5-8,13,15,17-18H,4,9-12H2,1-3H3/t15-/m0/s1. The maximum absolute atomic E-state index is 9.80. The largest absolute Gasteiger partial charge is 0.491 e. The first-order valence-corrected chi connectivity index (χ1v) is 7.22. The summed E-state index contributed by atoms with van der Waals surface area (Å²) < 4.78 is 10.7. The van der Waals surface area contributed by atoms with Crippen molar-refractivity contribution in [2.24, 2.45) is 0 Å². The Morgan fingerprint density at radius 3 is 2.80 bits per heavy atom. The molecule has 2 N–H and O–H groups in total. The number of hydrogen-bond donors (Lipinski definition) is 2. The van der Waals surface area contributed by atoms with Crippen LogP contribution in [0.4, 0.5) is 0 Å². The summed E-state index contributed by atoms with van der Waals surface area (Å²) in [4.78, 5) is 0. The number of ether oxygens (including phenoxy) is 2. The molecule has 0 unspecified atom stereocenters. The van der Waals surface area contributed by atoms with Crippen molar-refractivity contribution in [2.75, 3.05) is 26.9 Å². The second kappa shape index (κ2) is 9.75. The van der Waals surface area contributed by atoms with Crippen molar-refractivity contribution in [3.05, 3.63) is 35.6 Å². The maximum Gasteiger partial charge on any atom is 0.115 e. The highest BCUT2D eigenvalue weighted by Gasteiger charge is 2.07. The van der Waals surface area contributed by atoms with Crippen LogP contribution >= 0.6 is 0 Å². The third kappa shape index (κ3) is 7.48. The third-order valence-electron chi connectivity index (χ3n) is 2.96. The van der Waals surface area contributed by atoms with Crippen molar-refractivity contribution in [3.8, 4) is 0 Å². The third-order valence-corrected chi connectivity index (χ3v) is 2.96. The first-order valence-electron chi connectivity index (χ1n) is 7.22. The molecule has 20 heavy (non-hydrogen) atoms. The van der Waals surface area contributed by atoms with E-state index in [0.717, 1.165) is 25.2 Å². The van der Waals surface area contributed by atoms with Crippen LogP contribution < -0.4 is 5.32 Å². The molecule has 4 nitrogen and oxygen atoms in total. The average Bonchev–Trinajstić information content (AvgIpc) is 2.65. The Balaban J connectivity index is 2.30. The lowest BCUT2D eigenvalue weighted by atomic mass is 10.1. The zero-order valence-corrected chi connectivity index (χ0v) is 12.8. The Labute approximate surface area is 122 Å². The van der Waals surface area contributed by atoms with Gasteiger partial charge in [0.1, 0.15) is 18.5 Å². The van der Waals surface area contributed by atoms with Crippen molar-refractivity contribution >= 4 is 0 Å². The van der Waals surface area contributed by atoms with Gasteiger partial charge in [-0.25, -0.2) is 0 Å². The van der Waals surface area contributed by atoms with E-state index < -0.39 is 6.10 Å². The molecule has 0 aromatic heterocycles. The summed E-state index contributed by atoms with van der Waals surface area (Å²) in [5.74, 6) is 0.817. The second-order valence-electron chi connectivity index (χ2n) is 5.23. The molecule has 4 heteroatoms. The molecule has 1 rings (SSSR count). The van der Waals surface area contributed by atoms with Gasteiger partial charge in [-0.15, -0.1) is 0 Å². The van der Waals surface area contributed by atoms with Crippen LogP contribution in [0.1, 0.15) is 26.7 Å². The number of hydrogen-bond acceptors (Lipinski definition) is 4. The predicted molar refractivity (Wildman–Crippen MR) is 81.5 cm³/mol. The summed E-state index contributed by atoms with van der Waals surface area (Å²) in [6, 6.07) is 0.370. The van der Waals surface area contributed by atoms with Gasteiger partial charge in [-0.05, 0) is 30.6 Å². The van der Waals surface area contributed by atoms with Crippen molar-refractivity contribution in [3.63, 3.8) is 0 Å². The molecule has 0 aliphatic heterocycles. The van der Waals surface area contributed by atoms with Gasteiger partial charge in [0.15, 0.2) is 0 Å². The van der Waals surface area contributed by atoms with E-state index in [-0.39, 0.29) is 0 Å². The van der Waals surface area contributed by atoms with Crippen LogP contribution in [0.15, 0.2) is 35.6 Å². The van der Waals surface area contributed by atoms with Gasteiger partial charge in [-0.3, -0.25) is 0 Å². The molecule has 0 saturated carbocycles. The molecule has 0 fully saturated rings. The number of allylic oxidation sites excluding steroid dienone is 4. The molecule has 114 valence electrons. The first kappa shape index (κ1) is 17.0. The summed E-state index contributed by atoms with van der Waals surface area (Å²) in [5, 5.41) is 13.0. The van der Waals surface area contributed by atoms with E-state index in [9.17, 15) is 5.11 Å². The van der Waals surface area contributed by atoms with Crippen molar-refractivity contribution in [2.45, 2.75) is 38.8 Å². The van der Waals surface area contributed by atoms with Gasteiger partial charge in [0.25, 0.3) is 0 Å². The summed E-state index contributed by atoms with van der Waals surface area (Å²) in [7, 11) is 1.71. The average molecular weight is 281 g/mol. The summed E-state index contributed by atoms with van der Waals surface area (Å²) in [5.41, 5.74) is 1.25. The lowest BCUT2D eigenvalue weighted by Crippen LogP contribution is -2.34. The minimum absolute atomic E-state index is 0.309. The second-order valence-corrected chi connectivity index (χ2v) is 5.23. The topological polar surface area (TPSA) is 50.7 Å². The zero-order chi connectivity index (χ0) is 14.8. The van der Waals surface area contributed by atoms with E-state index in [2.05, 4.69) is 31.3 Å². The first-order chi connectivity index (χ1) is 9.61. The molecule has 0 bridgehead atoms. The summed E-state index contributed by atoms with van der Waals surface area (Å²) in [6.07, 6.45) is 9.47. The monoisotopic (exact) mass is 281 g/mol. The number of aliphatic hydroxyl groups excluding tert-OH is 1. The molecule has 1 aliphatic rings. The molecule has 1 atom stereocenters. The lowest BCUT2D eigenvalue weighted by Gasteiger charge is -2.15. The van der Waals surface area contributed by atoms with Crippen LogP contribution in [0.2, 0.25) is 0 Å². The molecule has 0 radical (unpaired) electrons. The van der Waals surface area contributed by atoms with E-state index in [1.54, 1.807) is 7.11 Å². The Bertz CT molecular complexity index is 359. The Morgan fingerprint density at radius 2 is 2.10 bits per heavy atom. The molecule has 0 heterocycles. The van der Waals surface area contributed by atoms with Gasteiger partial charge < -0.3 is 19.9 Å². The van der Waals surface area contributed by atoms with Gasteiger partial charge in [0, 0.05) is 19.7 Å². The highest BCUT2D eigenvalue weighted by Crippen LogP contribution is 2.14. The Kier molecular flexibility index (Phi) is 8.26. The van der Waals surface area contributed by atoms with Gasteiger partial charge in [0.2, 0.25) is 0 Å². The number of nitrogens with one attached hydrogen (secondary N) is 1. The molecule has 0 aromatic carbocycles. The predicted octanol–water partition coefficient (Wildman–Crippen LogP) is 2.17. The van der Waals surface area contributed by atoms with Crippen LogP contribution in [0.25, 0.3) is 0 Å². The minimum Gasteiger partial charge on any atom is -0.491 e. The lowest BCUT2D eigenvalue weighted by molar-refractivity contribution is 0.0738. The van der Waals surface area contributed by atoms with E-state index in [0.29, 0.717) is 19.2 Å². The van der Waals surface area contributed by atoms with Crippen molar-refractivity contribution in [1.82, 2.24) is 5.32 Å². The van der Waals surface area contributed by atoms with E-state index in [1.165, 1.54) is 5.57 Å². The SMILES string of the molecule is COCCC1=CCC=C(OC[C@@H](O)CNC(C)C)C=C1. The highest BCUT2D eigenvalue weighted by atomic mass is 16.5. The fourth-order valence-electron chi connectivity index (χ4n) is 1.79. The fourth-order valence-corrected chi connectivity index (χ4v) is 1.79. The number of methoxy groups -OCH3 is 1. The van der Waals surface area contributed by atoms with Crippen LogP contribution in [0.5, 0.6) is 0 Å². The molecule has 1 aliphatic carbocycles. The molecule has 0 aromatic rings. The molecule has 0 spiro atoms. The summed E-state index contributed by atoms with van der Waals surface area (Å²) >= 11 is 0. The molecular weight excluding hydrogens is 254 g/mol. The molecule has 0 amide bonds. The van der Waals surface area contributed by atoms with Crippen LogP contribution in [-0.4, -0.2) is 44.1 Å². The molecule has 0 saturated heterocycles. The molecular formula is C16H27NO3. The Morgan fingerprint density at radius 1 is 1.30 bits per heavy atom. The van der Waals surface area contributed by atoms with Crippen LogP contribution in [0.3, 0.4) is 0 Å². The number of rotatable bonds is 9. The van der Waals surface area contributed by atoms with E-state index >= 15 is 0 Å². The van der Waals surface area contributed by atoms with Gasteiger partial charge in [-0.2, -0.15) is 0 Å². The zero-order valence-electron chi connectivity index (χ0n) is 12.8. The van der Waals surface area contributed by atoms with Crippen LogP contribution in [0, 0.1) is 0 Å². The van der Waals surface area contributed by atoms with Gasteiger partial charge in [-0.1, -0.05) is 26.0 Å². The fraction of sp³-hybridized carbons (Fsp3) is 0.625. The van der Waals surface area contributed by atoms with Gasteiger partial charge >= 0.3 is 0 Å². The highest BCUT2D eigenvalue weighted by molar-refractivity contribution is 5.29. The normalized spacial score (nSPS) is 16.6. The van der Waals surface area contributed by atoms with Gasteiger partial charge in [0.05, 0.1) is 6.61 Å². The Hall–Kier alpha value is -1.10. The minimum atomic E-state index is -0.490. The van der Waals surface area contributed by atoms with Crippen LogP contribution in [-0.2, 0) is 9.47 Å². The van der Waals surface area contributed by atoms with E-state index in [1.807, 2.05) is 12.2 Å². The quantitative estimate of drug-likeness (QED) is 0.680. The summed E-state index contributed by atoms with van der Waals surface area (Å²) in [6.45, 7) is 5.69. The van der Waals surface area contributed by atoms with E-state index in [4.69, 9.17) is 9.47 Å². The smallest absolute Gasteiger partial charge is 0.115 e. The van der Waals surface area contributed by atoms with Crippen molar-refractivity contribution < 1.29 is 14.6 Å². The maximum atomic E-state index is 9.80.